The lowest BCUT2D eigenvalue weighted by molar-refractivity contribution is -0.122. The van der Waals surface area contributed by atoms with E-state index in [-0.39, 0.29) is 11.8 Å². The SMILES string of the molecule is Nc1nc2cc(Cl)c(Cl)cc2n1CCNC(=O)C1CC1. The Morgan fingerprint density at radius 3 is 2.80 bits per heavy atom. The number of carbonyl (C=O) groups excluding carboxylic acids is 1. The van der Waals surface area contributed by atoms with Crippen LogP contribution in [0.15, 0.2) is 12.1 Å². The van der Waals surface area contributed by atoms with E-state index in [0.29, 0.717) is 34.6 Å². The average Bonchev–Trinajstić information content (AvgIpc) is 3.19. The minimum absolute atomic E-state index is 0.120. The van der Waals surface area contributed by atoms with Crippen LogP contribution in [0.2, 0.25) is 10.0 Å². The molecule has 7 heteroatoms. The van der Waals surface area contributed by atoms with Crippen LogP contribution in [0.1, 0.15) is 12.8 Å². The van der Waals surface area contributed by atoms with Gasteiger partial charge in [0.2, 0.25) is 11.9 Å². The third-order valence-corrected chi connectivity index (χ3v) is 4.12. The Morgan fingerprint density at radius 2 is 2.10 bits per heavy atom. The molecule has 0 spiro atoms. The third kappa shape index (κ3) is 2.55. The molecule has 1 amide bonds. The van der Waals surface area contributed by atoms with E-state index in [1.54, 1.807) is 12.1 Å². The van der Waals surface area contributed by atoms with E-state index < -0.39 is 0 Å². The van der Waals surface area contributed by atoms with Gasteiger partial charge in [-0.2, -0.15) is 0 Å². The van der Waals surface area contributed by atoms with Crippen molar-refractivity contribution in [1.82, 2.24) is 14.9 Å². The molecule has 106 valence electrons. The zero-order chi connectivity index (χ0) is 14.3. The number of rotatable bonds is 4. The maximum atomic E-state index is 11.6. The van der Waals surface area contributed by atoms with Gasteiger partial charge in [-0.05, 0) is 25.0 Å². The fourth-order valence-electron chi connectivity index (χ4n) is 2.15. The molecule has 1 aliphatic carbocycles. The number of amides is 1. The molecular formula is C13H14Cl2N4O. The van der Waals surface area contributed by atoms with Crippen LogP contribution in [0.3, 0.4) is 0 Å². The first-order valence-electron chi connectivity index (χ1n) is 6.44. The van der Waals surface area contributed by atoms with Crippen molar-refractivity contribution in [2.24, 2.45) is 5.92 Å². The number of benzene rings is 1. The molecule has 5 nitrogen and oxygen atoms in total. The summed E-state index contributed by atoms with van der Waals surface area (Å²) in [6.45, 7) is 1.07. The Labute approximate surface area is 126 Å². The van der Waals surface area contributed by atoms with E-state index in [0.717, 1.165) is 18.4 Å². The summed E-state index contributed by atoms with van der Waals surface area (Å²) in [5, 5.41) is 3.81. The Balaban J connectivity index is 1.77. The van der Waals surface area contributed by atoms with Crippen LogP contribution in [-0.4, -0.2) is 22.0 Å². The molecule has 3 N–H and O–H groups in total. The Bertz CT molecular complexity index is 679. The van der Waals surface area contributed by atoms with E-state index in [4.69, 9.17) is 28.9 Å². The molecule has 0 atom stereocenters. The quantitative estimate of drug-likeness (QED) is 0.910. The van der Waals surface area contributed by atoms with Crippen LogP contribution < -0.4 is 11.1 Å². The number of anilines is 1. The van der Waals surface area contributed by atoms with Gasteiger partial charge in [0, 0.05) is 19.0 Å². The monoisotopic (exact) mass is 312 g/mol. The van der Waals surface area contributed by atoms with Crippen LogP contribution >= 0.6 is 23.2 Å². The molecule has 0 aliphatic heterocycles. The maximum absolute atomic E-state index is 11.6. The average molecular weight is 313 g/mol. The molecule has 1 heterocycles. The Kier molecular flexibility index (Phi) is 3.48. The Morgan fingerprint density at radius 1 is 1.40 bits per heavy atom. The minimum atomic E-state index is 0.120. The first-order valence-corrected chi connectivity index (χ1v) is 7.20. The second kappa shape index (κ2) is 5.14. The first kappa shape index (κ1) is 13.5. The van der Waals surface area contributed by atoms with Crippen molar-refractivity contribution in [2.45, 2.75) is 19.4 Å². The molecular weight excluding hydrogens is 299 g/mol. The smallest absolute Gasteiger partial charge is 0.223 e. The number of nitrogens with two attached hydrogens (primary N) is 1. The number of halogens is 2. The second-order valence-electron chi connectivity index (χ2n) is 4.94. The summed E-state index contributed by atoms with van der Waals surface area (Å²) in [4.78, 5) is 15.8. The van der Waals surface area contributed by atoms with Crippen molar-refractivity contribution >= 4 is 46.1 Å². The summed E-state index contributed by atoms with van der Waals surface area (Å²) in [5.41, 5.74) is 7.41. The molecule has 20 heavy (non-hydrogen) atoms. The van der Waals surface area contributed by atoms with Gasteiger partial charge < -0.3 is 15.6 Å². The van der Waals surface area contributed by atoms with Gasteiger partial charge in [-0.25, -0.2) is 4.98 Å². The maximum Gasteiger partial charge on any atom is 0.223 e. The van der Waals surface area contributed by atoms with Gasteiger partial charge in [0.15, 0.2) is 0 Å². The van der Waals surface area contributed by atoms with Gasteiger partial charge >= 0.3 is 0 Å². The van der Waals surface area contributed by atoms with Crippen LogP contribution in [0, 0.1) is 5.92 Å². The first-order chi connectivity index (χ1) is 9.56. The number of hydrogen-bond donors (Lipinski definition) is 2. The fourth-order valence-corrected chi connectivity index (χ4v) is 2.47. The molecule has 0 saturated heterocycles. The molecule has 0 bridgehead atoms. The van der Waals surface area contributed by atoms with E-state index in [2.05, 4.69) is 10.3 Å². The normalized spacial score (nSPS) is 14.7. The zero-order valence-electron chi connectivity index (χ0n) is 10.7. The third-order valence-electron chi connectivity index (χ3n) is 3.40. The van der Waals surface area contributed by atoms with E-state index in [1.165, 1.54) is 0 Å². The lowest BCUT2D eigenvalue weighted by Gasteiger charge is -2.08. The number of imidazole rings is 1. The van der Waals surface area contributed by atoms with Crippen LogP contribution in [0.5, 0.6) is 0 Å². The number of hydrogen-bond acceptors (Lipinski definition) is 3. The number of fused-ring (bicyclic) bond motifs is 1. The molecule has 1 fully saturated rings. The molecule has 0 radical (unpaired) electrons. The highest BCUT2D eigenvalue weighted by molar-refractivity contribution is 6.42. The number of aromatic nitrogens is 2. The van der Waals surface area contributed by atoms with Gasteiger partial charge in [0.25, 0.3) is 0 Å². The van der Waals surface area contributed by atoms with Gasteiger partial charge in [-0.1, -0.05) is 23.2 Å². The van der Waals surface area contributed by atoms with Crippen molar-refractivity contribution in [2.75, 3.05) is 12.3 Å². The van der Waals surface area contributed by atoms with Crippen molar-refractivity contribution < 1.29 is 4.79 Å². The second-order valence-corrected chi connectivity index (χ2v) is 5.76. The number of nitrogens with zero attached hydrogens (tertiary/aromatic N) is 2. The van der Waals surface area contributed by atoms with Crippen molar-refractivity contribution in [1.29, 1.82) is 0 Å². The highest BCUT2D eigenvalue weighted by Crippen LogP contribution is 2.29. The predicted molar refractivity (Wildman–Crippen MR) is 79.9 cm³/mol. The summed E-state index contributed by atoms with van der Waals surface area (Å²) in [7, 11) is 0. The van der Waals surface area contributed by atoms with Crippen molar-refractivity contribution in [3.8, 4) is 0 Å². The highest BCUT2D eigenvalue weighted by atomic mass is 35.5. The largest absolute Gasteiger partial charge is 0.369 e. The number of nitrogen functional groups attached to an aromatic ring is 1. The molecule has 1 aliphatic rings. The minimum Gasteiger partial charge on any atom is -0.369 e. The number of carbonyl (C=O) groups is 1. The molecule has 2 aromatic rings. The Hall–Kier alpha value is -1.46. The molecule has 0 unspecified atom stereocenters. The van der Waals surface area contributed by atoms with Crippen LogP contribution in [-0.2, 0) is 11.3 Å². The van der Waals surface area contributed by atoms with Crippen LogP contribution in [0.4, 0.5) is 5.95 Å². The predicted octanol–water partition coefficient (Wildman–Crippen LogP) is 2.45. The number of nitrogens with one attached hydrogen (secondary N) is 1. The summed E-state index contributed by atoms with van der Waals surface area (Å²) < 4.78 is 1.82. The molecule has 1 aromatic heterocycles. The van der Waals surface area contributed by atoms with Gasteiger partial charge in [-0.15, -0.1) is 0 Å². The summed E-state index contributed by atoms with van der Waals surface area (Å²) in [6, 6.07) is 3.43. The lowest BCUT2D eigenvalue weighted by atomic mass is 10.3. The summed E-state index contributed by atoms with van der Waals surface area (Å²) >= 11 is 12.0. The molecule has 3 rings (SSSR count). The van der Waals surface area contributed by atoms with Crippen molar-refractivity contribution in [3.63, 3.8) is 0 Å². The zero-order valence-corrected chi connectivity index (χ0v) is 12.2. The summed E-state index contributed by atoms with van der Waals surface area (Å²) in [5.74, 6) is 0.716. The van der Waals surface area contributed by atoms with Crippen LogP contribution in [0.25, 0.3) is 11.0 Å². The fraction of sp³-hybridized carbons (Fsp3) is 0.385. The molecule has 1 saturated carbocycles. The van der Waals surface area contributed by atoms with Crippen molar-refractivity contribution in [3.05, 3.63) is 22.2 Å². The lowest BCUT2D eigenvalue weighted by Crippen LogP contribution is -2.28. The topological polar surface area (TPSA) is 72.9 Å². The van der Waals surface area contributed by atoms with E-state index in [1.807, 2.05) is 4.57 Å². The standard InChI is InChI=1S/C13H14Cl2N4O/c14-8-5-10-11(6-9(8)15)19(13(16)18-10)4-3-17-12(20)7-1-2-7/h5-7H,1-4H2,(H2,16,18)(H,17,20). The molecule has 1 aromatic carbocycles. The summed E-state index contributed by atoms with van der Waals surface area (Å²) in [6.07, 6.45) is 1.99. The van der Waals surface area contributed by atoms with E-state index in [9.17, 15) is 4.79 Å². The highest BCUT2D eigenvalue weighted by Gasteiger charge is 2.29. The van der Waals surface area contributed by atoms with Gasteiger partial charge in [0.1, 0.15) is 0 Å². The van der Waals surface area contributed by atoms with Gasteiger partial charge in [0.05, 0.1) is 21.1 Å². The van der Waals surface area contributed by atoms with E-state index >= 15 is 0 Å². The van der Waals surface area contributed by atoms with Gasteiger partial charge in [-0.3, -0.25) is 4.79 Å².